The average molecular weight is 192 g/mol. The highest BCUT2D eigenvalue weighted by Gasteiger charge is 2.08. The largest absolute Gasteiger partial charge is 0.0683 e. The van der Waals surface area contributed by atoms with Crippen molar-refractivity contribution in [2.75, 3.05) is 0 Å². The van der Waals surface area contributed by atoms with Crippen LogP contribution in [0.1, 0.15) is 50.8 Å². The van der Waals surface area contributed by atoms with Gasteiger partial charge in [-0.2, -0.15) is 0 Å². The van der Waals surface area contributed by atoms with Gasteiger partial charge in [0.25, 0.3) is 0 Å². The fraction of sp³-hybridized carbons (Fsp3) is 0.571. The third-order valence-corrected chi connectivity index (χ3v) is 2.25. The van der Waals surface area contributed by atoms with E-state index < -0.39 is 0 Å². The van der Waals surface area contributed by atoms with Crippen LogP contribution >= 0.6 is 0 Å². The lowest BCUT2D eigenvalue weighted by Gasteiger charge is -1.98. The van der Waals surface area contributed by atoms with Crippen molar-refractivity contribution in [1.29, 1.82) is 0 Å². The zero-order chi connectivity index (χ0) is 11.0. The molecule has 0 radical (unpaired) electrons. The second-order valence-corrected chi connectivity index (χ2v) is 3.13. The number of hydrogen-bond donors (Lipinski definition) is 0. The zero-order valence-electron chi connectivity index (χ0n) is 10.4. The van der Waals surface area contributed by atoms with E-state index in [4.69, 9.17) is 0 Å². The van der Waals surface area contributed by atoms with Gasteiger partial charge < -0.3 is 0 Å². The van der Waals surface area contributed by atoms with Crippen LogP contribution in [-0.4, -0.2) is 0 Å². The Morgan fingerprint density at radius 3 is 2.07 bits per heavy atom. The third-order valence-electron chi connectivity index (χ3n) is 2.25. The topological polar surface area (TPSA) is 0 Å². The molecule has 1 aliphatic carbocycles. The molecule has 0 unspecified atom stereocenters. The first-order valence-corrected chi connectivity index (χ1v) is 5.95. The number of hydrogen-bond acceptors (Lipinski definition) is 0. The molecule has 0 aliphatic heterocycles. The molecule has 1 aromatic carbocycles. The minimum atomic E-state index is 1.30. The molecule has 0 saturated heterocycles. The molecule has 0 nitrogen and oxygen atoms in total. The Labute approximate surface area is 89.4 Å². The molecule has 1 aliphatic rings. The van der Waals surface area contributed by atoms with Crippen LogP contribution in [0.5, 0.6) is 0 Å². The monoisotopic (exact) mass is 192 g/mol. The van der Waals surface area contributed by atoms with Crippen LogP contribution in [0.2, 0.25) is 0 Å². The number of rotatable bonds is 0. The first kappa shape index (κ1) is 13.2. The second-order valence-electron chi connectivity index (χ2n) is 3.13. The summed E-state index contributed by atoms with van der Waals surface area (Å²) in [5, 5.41) is 0. The Morgan fingerprint density at radius 1 is 0.857 bits per heavy atom. The van der Waals surface area contributed by atoms with Gasteiger partial charge in [0.15, 0.2) is 0 Å². The van der Waals surface area contributed by atoms with Crippen LogP contribution in [0.25, 0.3) is 0 Å². The summed E-state index contributed by atoms with van der Waals surface area (Å²) in [4.78, 5) is 0. The highest BCUT2D eigenvalue weighted by atomic mass is 14.1. The molecule has 0 spiro atoms. The van der Waals surface area contributed by atoms with Crippen molar-refractivity contribution in [3.8, 4) is 0 Å². The third kappa shape index (κ3) is 3.53. The van der Waals surface area contributed by atoms with E-state index in [1.165, 1.54) is 24.8 Å². The summed E-state index contributed by atoms with van der Waals surface area (Å²) in [6.45, 7) is 10.2. The van der Waals surface area contributed by atoms with E-state index in [0.717, 1.165) is 0 Å². The molecule has 1 aromatic rings. The van der Waals surface area contributed by atoms with Gasteiger partial charge in [-0.15, -0.1) is 0 Å². The molecule has 14 heavy (non-hydrogen) atoms. The van der Waals surface area contributed by atoms with Crippen LogP contribution in [0.4, 0.5) is 0 Å². The van der Waals surface area contributed by atoms with Crippen molar-refractivity contribution >= 4 is 0 Å². The maximum Gasteiger partial charge on any atom is -0.0273 e. The predicted molar refractivity (Wildman–Crippen MR) is 65.9 cm³/mol. The van der Waals surface area contributed by atoms with E-state index in [-0.39, 0.29) is 0 Å². The Morgan fingerprint density at radius 2 is 1.43 bits per heavy atom. The molecule has 0 aromatic heterocycles. The van der Waals surface area contributed by atoms with E-state index in [1.54, 1.807) is 11.1 Å². The summed E-state index contributed by atoms with van der Waals surface area (Å²) in [5.41, 5.74) is 4.56. The van der Waals surface area contributed by atoms with Gasteiger partial charge in [0.2, 0.25) is 0 Å². The number of fused-ring (bicyclic) bond motifs is 1. The average Bonchev–Trinajstić information content (AvgIpc) is 2.71. The van der Waals surface area contributed by atoms with Gasteiger partial charge in [-0.1, -0.05) is 51.5 Å². The van der Waals surface area contributed by atoms with Crippen LogP contribution < -0.4 is 0 Å². The molecule has 0 heteroatoms. The molecule has 0 N–H and O–H groups in total. The van der Waals surface area contributed by atoms with Gasteiger partial charge in [-0.3, -0.25) is 0 Å². The second kappa shape index (κ2) is 7.61. The smallest absolute Gasteiger partial charge is 0.0273 e. The van der Waals surface area contributed by atoms with Crippen LogP contribution in [0.3, 0.4) is 0 Å². The van der Waals surface area contributed by atoms with Crippen molar-refractivity contribution in [1.82, 2.24) is 0 Å². The maximum absolute atomic E-state index is 2.32. The quantitative estimate of drug-likeness (QED) is 0.566. The summed E-state index contributed by atoms with van der Waals surface area (Å²) < 4.78 is 0. The van der Waals surface area contributed by atoms with Crippen molar-refractivity contribution in [2.45, 2.75) is 53.9 Å². The fourth-order valence-corrected chi connectivity index (χ4v) is 1.70. The van der Waals surface area contributed by atoms with Crippen LogP contribution in [-0.2, 0) is 12.8 Å². The van der Waals surface area contributed by atoms with E-state index >= 15 is 0 Å². The summed E-state index contributed by atoms with van der Waals surface area (Å²) >= 11 is 0. The maximum atomic E-state index is 2.32. The van der Waals surface area contributed by atoms with Crippen molar-refractivity contribution < 1.29 is 0 Å². The molecule has 0 amide bonds. The van der Waals surface area contributed by atoms with Crippen LogP contribution in [0.15, 0.2) is 18.2 Å². The number of benzene rings is 1. The Hall–Kier alpha value is -0.780. The fourth-order valence-electron chi connectivity index (χ4n) is 1.70. The molecular formula is C14H24. The lowest BCUT2D eigenvalue weighted by Crippen LogP contribution is -1.81. The minimum Gasteiger partial charge on any atom is -0.0683 e. The molecule has 0 bridgehead atoms. The van der Waals surface area contributed by atoms with Gasteiger partial charge >= 0.3 is 0 Å². The Bertz CT molecular complexity index is 248. The predicted octanol–water partition coefficient (Wildman–Crippen LogP) is 4.54. The molecule has 0 heterocycles. The standard InChI is InChI=1S/C10H12.2C2H6/c1-8-5-6-9-3-2-4-10(9)7-8;2*1-2/h5-7H,2-4H2,1H3;2*1-2H3. The van der Waals surface area contributed by atoms with E-state index in [1.807, 2.05) is 27.7 Å². The van der Waals surface area contributed by atoms with Gasteiger partial charge in [-0.25, -0.2) is 0 Å². The van der Waals surface area contributed by atoms with E-state index in [0.29, 0.717) is 0 Å². The van der Waals surface area contributed by atoms with Gasteiger partial charge in [0, 0.05) is 0 Å². The molecule has 80 valence electrons. The molecule has 0 atom stereocenters. The minimum absolute atomic E-state index is 1.30. The summed E-state index contributed by atoms with van der Waals surface area (Å²) in [5.74, 6) is 0. The van der Waals surface area contributed by atoms with Crippen LogP contribution in [0, 0.1) is 6.92 Å². The Balaban J connectivity index is 0.000000379. The van der Waals surface area contributed by atoms with Gasteiger partial charge in [0.1, 0.15) is 0 Å². The highest BCUT2D eigenvalue weighted by molar-refractivity contribution is 5.34. The SMILES string of the molecule is CC.CC.Cc1ccc2c(c1)CCC2. The highest BCUT2D eigenvalue weighted by Crippen LogP contribution is 2.22. The first-order chi connectivity index (χ1) is 6.86. The number of aryl methyl sites for hydroxylation is 3. The van der Waals surface area contributed by atoms with Crippen molar-refractivity contribution in [3.63, 3.8) is 0 Å². The van der Waals surface area contributed by atoms with E-state index in [9.17, 15) is 0 Å². The molecular weight excluding hydrogens is 168 g/mol. The summed E-state index contributed by atoms with van der Waals surface area (Å²) in [6.07, 6.45) is 3.96. The van der Waals surface area contributed by atoms with E-state index in [2.05, 4.69) is 25.1 Å². The van der Waals surface area contributed by atoms with Gasteiger partial charge in [0.05, 0.1) is 0 Å². The molecule has 2 rings (SSSR count). The Kier molecular flexibility index (Phi) is 7.18. The lowest BCUT2D eigenvalue weighted by atomic mass is 10.1. The van der Waals surface area contributed by atoms with Gasteiger partial charge in [-0.05, 0) is 37.3 Å². The zero-order valence-corrected chi connectivity index (χ0v) is 10.4. The lowest BCUT2D eigenvalue weighted by molar-refractivity contribution is 0.911. The summed E-state index contributed by atoms with van der Waals surface area (Å²) in [7, 11) is 0. The molecule has 0 fully saturated rings. The molecule has 0 saturated carbocycles. The van der Waals surface area contributed by atoms with Crippen molar-refractivity contribution in [2.24, 2.45) is 0 Å². The summed E-state index contributed by atoms with van der Waals surface area (Å²) in [6, 6.07) is 6.81. The normalized spacial score (nSPS) is 11.8. The first-order valence-electron chi connectivity index (χ1n) is 5.95. The van der Waals surface area contributed by atoms with Crippen molar-refractivity contribution in [3.05, 3.63) is 34.9 Å².